The summed E-state index contributed by atoms with van der Waals surface area (Å²) in [6.07, 6.45) is 2.65. The summed E-state index contributed by atoms with van der Waals surface area (Å²) in [6.45, 7) is 1.03. The van der Waals surface area contributed by atoms with Crippen LogP contribution in [0.1, 0.15) is 27.9 Å². The van der Waals surface area contributed by atoms with Crippen molar-refractivity contribution in [3.05, 3.63) is 95.6 Å². The van der Waals surface area contributed by atoms with Gasteiger partial charge in [-0.05, 0) is 18.2 Å². The number of hydrogen-bond acceptors (Lipinski definition) is 6. The summed E-state index contributed by atoms with van der Waals surface area (Å²) in [5, 5.41) is 9.89. The topological polar surface area (TPSA) is 111 Å². The van der Waals surface area contributed by atoms with Gasteiger partial charge in [0, 0.05) is 42.0 Å². The van der Waals surface area contributed by atoms with Crippen molar-refractivity contribution >= 4 is 23.2 Å². The Morgan fingerprint density at radius 1 is 1.08 bits per heavy atom. The van der Waals surface area contributed by atoms with Crippen LogP contribution in [0.2, 0.25) is 0 Å². The average Bonchev–Trinajstić information content (AvgIpc) is 3.26. The molecule has 0 saturated carbocycles. The molecule has 0 unspecified atom stereocenters. The van der Waals surface area contributed by atoms with E-state index in [0.29, 0.717) is 47.1 Å². The molecule has 0 spiro atoms. The number of aryl methyl sites for hydroxylation is 1. The molecule has 1 atom stereocenters. The zero-order valence-electron chi connectivity index (χ0n) is 19.5. The Labute approximate surface area is 211 Å². The molecule has 2 aromatic carbocycles. The van der Waals surface area contributed by atoms with E-state index in [2.05, 4.69) is 25.7 Å². The third-order valence-corrected chi connectivity index (χ3v) is 6.16. The number of pyridine rings is 1. The number of anilines is 1. The summed E-state index contributed by atoms with van der Waals surface area (Å²) in [6, 6.07) is 17.1. The first-order valence-electron chi connectivity index (χ1n) is 11.8. The van der Waals surface area contributed by atoms with Crippen molar-refractivity contribution in [2.45, 2.75) is 19.1 Å². The van der Waals surface area contributed by atoms with Gasteiger partial charge >= 0.3 is 0 Å². The summed E-state index contributed by atoms with van der Waals surface area (Å²) in [4.78, 5) is 35.6. The molecule has 0 aliphatic carbocycles. The molecule has 0 fully saturated rings. The third kappa shape index (κ3) is 4.12. The van der Waals surface area contributed by atoms with Gasteiger partial charge in [0.2, 0.25) is 12.0 Å². The predicted molar refractivity (Wildman–Crippen MR) is 134 cm³/mol. The van der Waals surface area contributed by atoms with Crippen LogP contribution in [-0.4, -0.2) is 45.1 Å². The molecule has 4 aromatic rings. The molecule has 2 N–H and O–H groups in total. The number of hydrogen-bond donors (Lipinski definition) is 2. The number of aromatic nitrogens is 3. The van der Waals surface area contributed by atoms with E-state index in [1.54, 1.807) is 41.3 Å². The first-order valence-corrected chi connectivity index (χ1v) is 11.8. The summed E-state index contributed by atoms with van der Waals surface area (Å²) >= 11 is 0. The van der Waals surface area contributed by atoms with Crippen molar-refractivity contribution in [3.63, 3.8) is 0 Å². The summed E-state index contributed by atoms with van der Waals surface area (Å²) in [5.41, 5.74) is 2.68. The van der Waals surface area contributed by atoms with E-state index in [1.165, 1.54) is 6.07 Å². The molecule has 0 radical (unpaired) electrons. The van der Waals surface area contributed by atoms with Crippen molar-refractivity contribution in [3.8, 4) is 17.1 Å². The summed E-state index contributed by atoms with van der Waals surface area (Å²) in [5.74, 6) is -1.54. The van der Waals surface area contributed by atoms with Gasteiger partial charge < -0.3 is 15.4 Å². The van der Waals surface area contributed by atoms with Gasteiger partial charge in [0.25, 0.3) is 11.8 Å². The lowest BCUT2D eigenvalue weighted by molar-refractivity contribution is -0.117. The number of benzodiazepines with no additional fused rings is 1. The van der Waals surface area contributed by atoms with Crippen molar-refractivity contribution in [1.29, 1.82) is 0 Å². The summed E-state index contributed by atoms with van der Waals surface area (Å²) in [7, 11) is 0. The van der Waals surface area contributed by atoms with Gasteiger partial charge in [0.15, 0.2) is 0 Å². The number of ether oxygens (including phenoxy) is 1. The molecule has 184 valence electrons. The fourth-order valence-corrected chi connectivity index (χ4v) is 4.45. The normalized spacial score (nSPS) is 16.4. The third-order valence-electron chi connectivity index (χ3n) is 6.16. The van der Waals surface area contributed by atoms with Crippen LogP contribution in [0.15, 0.2) is 78.0 Å². The van der Waals surface area contributed by atoms with Gasteiger partial charge in [-0.3, -0.25) is 14.6 Å². The van der Waals surface area contributed by atoms with Crippen LogP contribution in [-0.2, 0) is 11.3 Å². The molecule has 0 saturated heterocycles. The number of carbonyl (C=O) groups is 2. The predicted octanol–water partition coefficient (Wildman–Crippen LogP) is 3.41. The maximum absolute atomic E-state index is 14.8. The standard InChI is InChI=1S/C27H21FN6O3/c28-19-11-4-10-18-21(16-7-2-1-3-8-16)30-24(26(36)31-23(18)19)32-25(35)20-22(17-9-5-12-29-15-17)33-34-13-6-14-37-27(20)34/h1-5,7-12,15,24H,6,13-14H2,(H,31,36)(H,32,35)/t24-/m1/s1. The number of nitrogens with one attached hydrogen (secondary N) is 2. The first-order chi connectivity index (χ1) is 18.1. The molecule has 6 rings (SSSR count). The SMILES string of the molecule is O=C(N[C@H]1N=C(c2ccccc2)c2cccc(F)c2NC1=O)c1c(-c2cccnc2)nn2c1OCCC2. The average molecular weight is 497 g/mol. The Hall–Kier alpha value is -4.86. The smallest absolute Gasteiger partial charge is 0.269 e. The molecule has 37 heavy (non-hydrogen) atoms. The van der Waals surface area contributed by atoms with Crippen LogP contribution in [0, 0.1) is 5.82 Å². The number of benzene rings is 2. The minimum Gasteiger partial charge on any atom is -0.477 e. The van der Waals surface area contributed by atoms with E-state index < -0.39 is 23.8 Å². The molecule has 4 heterocycles. The highest BCUT2D eigenvalue weighted by molar-refractivity contribution is 6.20. The van der Waals surface area contributed by atoms with E-state index in [0.717, 1.165) is 6.42 Å². The van der Waals surface area contributed by atoms with Crippen LogP contribution in [0.3, 0.4) is 0 Å². The second kappa shape index (κ2) is 9.30. The van der Waals surface area contributed by atoms with Gasteiger partial charge in [0.05, 0.1) is 18.0 Å². The number of amides is 2. The van der Waals surface area contributed by atoms with E-state index in [-0.39, 0.29) is 11.3 Å². The monoisotopic (exact) mass is 496 g/mol. The molecule has 10 heteroatoms. The Bertz CT molecular complexity index is 1530. The number of carbonyl (C=O) groups excluding carboxylic acids is 2. The second-order valence-corrected chi connectivity index (χ2v) is 8.57. The van der Waals surface area contributed by atoms with Crippen molar-refractivity contribution in [1.82, 2.24) is 20.1 Å². The Morgan fingerprint density at radius 3 is 2.73 bits per heavy atom. The Balaban J connectivity index is 1.42. The highest BCUT2D eigenvalue weighted by Gasteiger charge is 2.33. The largest absolute Gasteiger partial charge is 0.477 e. The lowest BCUT2D eigenvalue weighted by atomic mass is 10.0. The van der Waals surface area contributed by atoms with Gasteiger partial charge in [-0.25, -0.2) is 14.1 Å². The zero-order valence-corrected chi connectivity index (χ0v) is 19.5. The highest BCUT2D eigenvalue weighted by Crippen LogP contribution is 2.33. The first kappa shape index (κ1) is 22.6. The van der Waals surface area contributed by atoms with Gasteiger partial charge in [-0.2, -0.15) is 5.10 Å². The molecule has 2 amide bonds. The van der Waals surface area contributed by atoms with E-state index >= 15 is 0 Å². The Kier molecular flexibility index (Phi) is 5.68. The Morgan fingerprint density at radius 2 is 1.92 bits per heavy atom. The molecular formula is C27H21FN6O3. The highest BCUT2D eigenvalue weighted by atomic mass is 19.1. The number of halogens is 1. The van der Waals surface area contributed by atoms with Crippen LogP contribution in [0.5, 0.6) is 5.88 Å². The summed E-state index contributed by atoms with van der Waals surface area (Å²) < 4.78 is 22.2. The maximum Gasteiger partial charge on any atom is 0.269 e. The van der Waals surface area contributed by atoms with E-state index in [1.807, 2.05) is 30.3 Å². The lowest BCUT2D eigenvalue weighted by Crippen LogP contribution is -2.42. The number of nitrogens with zero attached hydrogens (tertiary/aromatic N) is 4. The number of aliphatic imine (C=N–C) groups is 1. The van der Waals surface area contributed by atoms with Gasteiger partial charge in [0.1, 0.15) is 17.1 Å². The maximum atomic E-state index is 14.8. The van der Waals surface area contributed by atoms with Gasteiger partial charge in [-0.1, -0.05) is 42.5 Å². The molecule has 2 aromatic heterocycles. The quantitative estimate of drug-likeness (QED) is 0.450. The second-order valence-electron chi connectivity index (χ2n) is 8.57. The van der Waals surface area contributed by atoms with Crippen LogP contribution in [0.25, 0.3) is 11.3 Å². The zero-order chi connectivity index (χ0) is 25.4. The molecular weight excluding hydrogens is 475 g/mol. The van der Waals surface area contributed by atoms with Crippen molar-refractivity contribution in [2.24, 2.45) is 4.99 Å². The van der Waals surface area contributed by atoms with Crippen molar-refractivity contribution in [2.75, 3.05) is 11.9 Å². The van der Waals surface area contributed by atoms with Crippen LogP contribution in [0.4, 0.5) is 10.1 Å². The fourth-order valence-electron chi connectivity index (χ4n) is 4.45. The molecule has 2 aliphatic heterocycles. The van der Waals surface area contributed by atoms with E-state index in [4.69, 9.17) is 4.74 Å². The molecule has 2 aliphatic rings. The molecule has 9 nitrogen and oxygen atoms in total. The number of fused-ring (bicyclic) bond motifs is 2. The number of para-hydroxylation sites is 1. The van der Waals surface area contributed by atoms with Gasteiger partial charge in [-0.15, -0.1) is 0 Å². The van der Waals surface area contributed by atoms with E-state index in [9.17, 15) is 14.0 Å². The van der Waals surface area contributed by atoms with Crippen LogP contribution < -0.4 is 15.4 Å². The fraction of sp³-hybridized carbons (Fsp3) is 0.148. The van der Waals surface area contributed by atoms with Crippen molar-refractivity contribution < 1.29 is 18.7 Å². The minimum absolute atomic E-state index is 0.00847. The number of rotatable bonds is 4. The lowest BCUT2D eigenvalue weighted by Gasteiger charge is -2.17. The molecule has 0 bridgehead atoms. The minimum atomic E-state index is -1.34. The van der Waals surface area contributed by atoms with Crippen LogP contribution >= 0.6 is 0 Å².